The standard InChI is InChI=1S/C14H20BrN3O/c1-18(11-5-2-3-6-11)10-9-17-14(19)12-7-4-8-16-13(12)15/h4,7-8,11H,2-3,5-6,9-10H2,1H3,(H,17,19). The van der Waals surface area contributed by atoms with Crippen LogP contribution in [0.25, 0.3) is 0 Å². The Morgan fingerprint density at radius 1 is 1.53 bits per heavy atom. The highest BCUT2D eigenvalue weighted by atomic mass is 79.9. The first kappa shape index (κ1) is 14.5. The van der Waals surface area contributed by atoms with Crippen LogP contribution in [0.3, 0.4) is 0 Å². The molecule has 1 N–H and O–H groups in total. The molecule has 0 spiro atoms. The van der Waals surface area contributed by atoms with Crippen molar-refractivity contribution in [2.75, 3.05) is 20.1 Å². The van der Waals surface area contributed by atoms with Gasteiger partial charge < -0.3 is 10.2 Å². The van der Waals surface area contributed by atoms with E-state index in [9.17, 15) is 4.79 Å². The van der Waals surface area contributed by atoms with Gasteiger partial charge in [0.2, 0.25) is 0 Å². The summed E-state index contributed by atoms with van der Waals surface area (Å²) >= 11 is 3.29. The largest absolute Gasteiger partial charge is 0.351 e. The molecule has 0 radical (unpaired) electrons. The zero-order chi connectivity index (χ0) is 13.7. The monoisotopic (exact) mass is 325 g/mol. The summed E-state index contributed by atoms with van der Waals surface area (Å²) in [4.78, 5) is 18.4. The second-order valence-corrected chi connectivity index (χ2v) is 5.77. The van der Waals surface area contributed by atoms with Crippen LogP contribution in [0.2, 0.25) is 0 Å². The lowest BCUT2D eigenvalue weighted by atomic mass is 10.2. The lowest BCUT2D eigenvalue weighted by molar-refractivity contribution is 0.0946. The van der Waals surface area contributed by atoms with Crippen LogP contribution in [0, 0.1) is 0 Å². The van der Waals surface area contributed by atoms with Crippen LogP contribution in [0.15, 0.2) is 22.9 Å². The van der Waals surface area contributed by atoms with Crippen molar-refractivity contribution in [1.29, 1.82) is 0 Å². The van der Waals surface area contributed by atoms with E-state index in [4.69, 9.17) is 0 Å². The smallest absolute Gasteiger partial charge is 0.254 e. The number of carbonyl (C=O) groups excluding carboxylic acids is 1. The maximum absolute atomic E-state index is 12.0. The van der Waals surface area contributed by atoms with Crippen molar-refractivity contribution in [3.8, 4) is 0 Å². The lowest BCUT2D eigenvalue weighted by Gasteiger charge is -2.23. The molecule has 1 saturated carbocycles. The van der Waals surface area contributed by atoms with Gasteiger partial charge in [-0.1, -0.05) is 12.8 Å². The van der Waals surface area contributed by atoms with Crippen molar-refractivity contribution < 1.29 is 4.79 Å². The maximum Gasteiger partial charge on any atom is 0.254 e. The van der Waals surface area contributed by atoms with Crippen LogP contribution in [-0.2, 0) is 0 Å². The normalized spacial score (nSPS) is 15.9. The van der Waals surface area contributed by atoms with E-state index in [0.29, 0.717) is 22.8 Å². The van der Waals surface area contributed by atoms with Crippen LogP contribution in [0.4, 0.5) is 0 Å². The quantitative estimate of drug-likeness (QED) is 0.846. The summed E-state index contributed by atoms with van der Waals surface area (Å²) in [5, 5.41) is 2.94. The number of halogens is 1. The molecule has 0 saturated heterocycles. The summed E-state index contributed by atoms with van der Waals surface area (Å²) in [6.45, 7) is 1.57. The summed E-state index contributed by atoms with van der Waals surface area (Å²) in [6, 6.07) is 4.24. The first-order valence-electron chi connectivity index (χ1n) is 6.77. The Morgan fingerprint density at radius 2 is 2.26 bits per heavy atom. The molecule has 1 aliphatic carbocycles. The zero-order valence-electron chi connectivity index (χ0n) is 11.2. The molecule has 0 atom stereocenters. The average molecular weight is 326 g/mol. The van der Waals surface area contributed by atoms with Gasteiger partial charge in [0.05, 0.1) is 5.56 Å². The van der Waals surface area contributed by atoms with Crippen LogP contribution in [-0.4, -0.2) is 42.0 Å². The SMILES string of the molecule is CN(CCNC(=O)c1cccnc1Br)C1CCCC1. The molecule has 0 bridgehead atoms. The van der Waals surface area contributed by atoms with Gasteiger partial charge in [-0.05, 0) is 48.0 Å². The van der Waals surface area contributed by atoms with Crippen LogP contribution in [0.1, 0.15) is 36.0 Å². The van der Waals surface area contributed by atoms with Gasteiger partial charge in [-0.2, -0.15) is 0 Å². The lowest BCUT2D eigenvalue weighted by Crippen LogP contribution is -2.37. The van der Waals surface area contributed by atoms with Crippen molar-refractivity contribution in [3.05, 3.63) is 28.5 Å². The molecule has 4 nitrogen and oxygen atoms in total. The number of rotatable bonds is 5. The fourth-order valence-corrected chi connectivity index (χ4v) is 2.95. The number of pyridine rings is 1. The first-order chi connectivity index (χ1) is 9.18. The van der Waals surface area contributed by atoms with Crippen LogP contribution < -0.4 is 5.32 Å². The fourth-order valence-electron chi connectivity index (χ4n) is 2.52. The van der Waals surface area contributed by atoms with Crippen LogP contribution >= 0.6 is 15.9 Å². The number of aromatic nitrogens is 1. The van der Waals surface area contributed by atoms with Crippen molar-refractivity contribution in [2.24, 2.45) is 0 Å². The number of carbonyl (C=O) groups is 1. The third-order valence-electron chi connectivity index (χ3n) is 3.70. The van der Waals surface area contributed by atoms with Crippen LogP contribution in [0.5, 0.6) is 0 Å². The number of hydrogen-bond donors (Lipinski definition) is 1. The highest BCUT2D eigenvalue weighted by Gasteiger charge is 2.19. The number of nitrogens with zero attached hydrogens (tertiary/aromatic N) is 2. The highest BCUT2D eigenvalue weighted by molar-refractivity contribution is 9.10. The van der Waals surface area contributed by atoms with Gasteiger partial charge >= 0.3 is 0 Å². The second-order valence-electron chi connectivity index (χ2n) is 5.02. The van der Waals surface area contributed by atoms with E-state index in [0.717, 1.165) is 6.54 Å². The topological polar surface area (TPSA) is 45.2 Å². The van der Waals surface area contributed by atoms with Gasteiger partial charge in [0.15, 0.2) is 0 Å². The van der Waals surface area contributed by atoms with E-state index in [1.54, 1.807) is 18.3 Å². The Balaban J connectivity index is 1.76. The number of amides is 1. The Bertz CT molecular complexity index is 432. The molecule has 2 rings (SSSR count). The van der Waals surface area contributed by atoms with Gasteiger partial charge in [0.1, 0.15) is 4.60 Å². The van der Waals surface area contributed by atoms with E-state index in [1.807, 2.05) is 0 Å². The molecule has 1 aromatic heterocycles. The van der Waals surface area contributed by atoms with Crippen molar-refractivity contribution >= 4 is 21.8 Å². The minimum Gasteiger partial charge on any atom is -0.351 e. The van der Waals surface area contributed by atoms with Gasteiger partial charge in [0, 0.05) is 25.3 Å². The summed E-state index contributed by atoms with van der Waals surface area (Å²) in [7, 11) is 2.14. The van der Waals surface area contributed by atoms with E-state index < -0.39 is 0 Å². The van der Waals surface area contributed by atoms with E-state index in [1.165, 1.54) is 25.7 Å². The Hall–Kier alpha value is -0.940. The molecule has 5 heteroatoms. The summed E-state index contributed by atoms with van der Waals surface area (Å²) in [6.07, 6.45) is 6.92. The third kappa shape index (κ3) is 4.01. The molecular formula is C14H20BrN3O. The summed E-state index contributed by atoms with van der Waals surface area (Å²) in [5.74, 6) is -0.0696. The van der Waals surface area contributed by atoms with Crippen molar-refractivity contribution in [1.82, 2.24) is 15.2 Å². The first-order valence-corrected chi connectivity index (χ1v) is 7.56. The zero-order valence-corrected chi connectivity index (χ0v) is 12.8. The number of nitrogens with one attached hydrogen (secondary N) is 1. The predicted octanol–water partition coefficient (Wildman–Crippen LogP) is 2.45. The molecule has 0 aliphatic heterocycles. The Morgan fingerprint density at radius 3 is 2.95 bits per heavy atom. The summed E-state index contributed by atoms with van der Waals surface area (Å²) < 4.78 is 0.594. The Labute approximate surface area is 122 Å². The molecule has 0 unspecified atom stereocenters. The van der Waals surface area contributed by atoms with Gasteiger partial charge in [0.25, 0.3) is 5.91 Å². The number of hydrogen-bond acceptors (Lipinski definition) is 3. The minimum atomic E-state index is -0.0696. The molecule has 19 heavy (non-hydrogen) atoms. The van der Waals surface area contributed by atoms with Gasteiger partial charge in [-0.15, -0.1) is 0 Å². The Kier molecular flexibility index (Phi) is 5.34. The number of likely N-dealkylation sites (N-methyl/N-ethyl adjacent to an activating group) is 1. The maximum atomic E-state index is 12.0. The van der Waals surface area contributed by atoms with E-state index >= 15 is 0 Å². The molecule has 1 heterocycles. The minimum absolute atomic E-state index is 0.0696. The highest BCUT2D eigenvalue weighted by Crippen LogP contribution is 2.21. The van der Waals surface area contributed by atoms with E-state index in [-0.39, 0.29) is 5.91 Å². The van der Waals surface area contributed by atoms with Crippen molar-refractivity contribution in [2.45, 2.75) is 31.7 Å². The molecule has 1 aromatic rings. The molecular weight excluding hydrogens is 306 g/mol. The molecule has 1 aliphatic rings. The molecule has 104 valence electrons. The molecule has 1 amide bonds. The van der Waals surface area contributed by atoms with E-state index in [2.05, 4.69) is 38.2 Å². The summed E-state index contributed by atoms with van der Waals surface area (Å²) in [5.41, 5.74) is 0.589. The fraction of sp³-hybridized carbons (Fsp3) is 0.571. The molecule has 0 aromatic carbocycles. The van der Waals surface area contributed by atoms with Gasteiger partial charge in [-0.25, -0.2) is 4.98 Å². The third-order valence-corrected chi connectivity index (χ3v) is 4.33. The predicted molar refractivity (Wildman–Crippen MR) is 79.2 cm³/mol. The molecule has 1 fully saturated rings. The van der Waals surface area contributed by atoms with Crippen molar-refractivity contribution in [3.63, 3.8) is 0 Å². The average Bonchev–Trinajstić information content (AvgIpc) is 2.93. The van der Waals surface area contributed by atoms with Gasteiger partial charge in [-0.3, -0.25) is 4.79 Å². The second kappa shape index (κ2) is 7.01.